The van der Waals surface area contributed by atoms with E-state index in [0.29, 0.717) is 23.4 Å². The molecule has 3 aromatic rings. The Bertz CT molecular complexity index is 911. The van der Waals surface area contributed by atoms with E-state index in [-0.39, 0.29) is 12.5 Å². The molecule has 2 aromatic heterocycles. The first-order chi connectivity index (χ1) is 12.3. The Hall–Kier alpha value is -3.03. The van der Waals surface area contributed by atoms with Gasteiger partial charge in [0, 0.05) is 19.8 Å². The predicted octanol–water partition coefficient (Wildman–Crippen LogP) is 3.41. The van der Waals surface area contributed by atoms with Crippen molar-refractivity contribution in [3.63, 3.8) is 0 Å². The Labute approximate surface area is 147 Å². The van der Waals surface area contributed by atoms with Gasteiger partial charge in [-0.2, -0.15) is 18.3 Å². The number of aromatic amines is 1. The number of H-pyrrole nitrogens is 1. The molecule has 0 aliphatic heterocycles. The normalized spacial score (nSPS) is 11.5. The molecule has 0 fully saturated rings. The molecule has 1 amide bonds. The Morgan fingerprint density at radius 1 is 1.23 bits per heavy atom. The zero-order valence-corrected chi connectivity index (χ0v) is 14.0. The lowest BCUT2D eigenvalue weighted by atomic mass is 10.1. The standard InChI is InChI=1S/C18H17F3N4O/c1-25-9-3-6-16(25)14-11-15(24-23-14)17(26)22-8-7-12-4-2-5-13(10-12)18(19,20)21/h2-6,9-11H,7-8H2,1H3,(H,22,26)(H,23,24). The minimum absolute atomic E-state index is 0.221. The van der Waals surface area contributed by atoms with Crippen LogP contribution in [0.15, 0.2) is 48.7 Å². The van der Waals surface area contributed by atoms with Gasteiger partial charge in [-0.05, 0) is 36.2 Å². The number of carbonyl (C=O) groups is 1. The third-order valence-corrected chi connectivity index (χ3v) is 3.98. The van der Waals surface area contributed by atoms with Crippen molar-refractivity contribution in [3.8, 4) is 11.4 Å². The largest absolute Gasteiger partial charge is 0.416 e. The summed E-state index contributed by atoms with van der Waals surface area (Å²) in [4.78, 5) is 12.2. The molecular weight excluding hydrogens is 345 g/mol. The molecule has 2 heterocycles. The summed E-state index contributed by atoms with van der Waals surface area (Å²) in [7, 11) is 1.87. The molecule has 136 valence electrons. The predicted molar refractivity (Wildman–Crippen MR) is 90.5 cm³/mol. The molecule has 26 heavy (non-hydrogen) atoms. The van der Waals surface area contributed by atoms with Crippen LogP contribution in [0, 0.1) is 0 Å². The number of carbonyl (C=O) groups excluding carboxylic acids is 1. The maximum Gasteiger partial charge on any atom is 0.416 e. The number of hydrogen-bond donors (Lipinski definition) is 2. The second-order valence-electron chi connectivity index (χ2n) is 5.88. The number of benzene rings is 1. The van der Waals surface area contributed by atoms with Gasteiger partial charge in [-0.15, -0.1) is 0 Å². The molecule has 0 aliphatic carbocycles. The Morgan fingerprint density at radius 3 is 2.73 bits per heavy atom. The number of halogens is 3. The van der Waals surface area contributed by atoms with Crippen LogP contribution in [0.25, 0.3) is 11.4 Å². The highest BCUT2D eigenvalue weighted by Crippen LogP contribution is 2.29. The second kappa shape index (κ2) is 7.07. The summed E-state index contributed by atoms with van der Waals surface area (Å²) in [6.45, 7) is 0.221. The van der Waals surface area contributed by atoms with E-state index in [1.807, 2.05) is 29.9 Å². The summed E-state index contributed by atoms with van der Waals surface area (Å²) >= 11 is 0. The molecule has 5 nitrogen and oxygen atoms in total. The number of hydrogen-bond acceptors (Lipinski definition) is 2. The number of rotatable bonds is 5. The average molecular weight is 362 g/mol. The molecular formula is C18H17F3N4O. The lowest BCUT2D eigenvalue weighted by Gasteiger charge is -2.09. The van der Waals surface area contributed by atoms with Gasteiger partial charge >= 0.3 is 6.18 Å². The van der Waals surface area contributed by atoms with E-state index in [9.17, 15) is 18.0 Å². The number of nitrogens with one attached hydrogen (secondary N) is 2. The summed E-state index contributed by atoms with van der Waals surface area (Å²) < 4.78 is 40.0. The van der Waals surface area contributed by atoms with Crippen molar-refractivity contribution in [2.75, 3.05) is 6.54 Å². The van der Waals surface area contributed by atoms with Gasteiger partial charge in [0.15, 0.2) is 0 Å². The third kappa shape index (κ3) is 3.96. The molecule has 0 unspecified atom stereocenters. The molecule has 3 rings (SSSR count). The zero-order chi connectivity index (χ0) is 18.7. The van der Waals surface area contributed by atoms with E-state index in [0.717, 1.165) is 17.8 Å². The smallest absolute Gasteiger partial charge is 0.350 e. The summed E-state index contributed by atoms with van der Waals surface area (Å²) in [6.07, 6.45) is -2.20. The fraction of sp³-hybridized carbons (Fsp3) is 0.222. The first-order valence-electron chi connectivity index (χ1n) is 7.96. The zero-order valence-electron chi connectivity index (χ0n) is 14.0. The SMILES string of the molecule is Cn1cccc1-c1cc(C(=O)NCCc2cccc(C(F)(F)F)c2)[nH]n1. The van der Waals surface area contributed by atoms with Gasteiger partial charge in [-0.1, -0.05) is 18.2 Å². The maximum atomic E-state index is 12.7. The summed E-state index contributed by atoms with van der Waals surface area (Å²) in [5.41, 5.74) is 1.62. The number of alkyl halides is 3. The molecule has 0 saturated carbocycles. The van der Waals surface area contributed by atoms with Crippen LogP contribution in [0.2, 0.25) is 0 Å². The van der Waals surface area contributed by atoms with E-state index < -0.39 is 11.7 Å². The van der Waals surface area contributed by atoms with E-state index >= 15 is 0 Å². The van der Waals surface area contributed by atoms with E-state index in [2.05, 4.69) is 15.5 Å². The van der Waals surface area contributed by atoms with Crippen LogP contribution in [0.3, 0.4) is 0 Å². The second-order valence-corrected chi connectivity index (χ2v) is 5.88. The maximum absolute atomic E-state index is 12.7. The van der Waals surface area contributed by atoms with Crippen molar-refractivity contribution in [2.45, 2.75) is 12.6 Å². The summed E-state index contributed by atoms with van der Waals surface area (Å²) in [5, 5.41) is 9.47. The molecule has 0 bridgehead atoms. The minimum Gasteiger partial charge on any atom is -0.350 e. The number of aromatic nitrogens is 3. The minimum atomic E-state index is -4.37. The van der Waals surface area contributed by atoms with Crippen LogP contribution in [-0.4, -0.2) is 27.2 Å². The van der Waals surface area contributed by atoms with Gasteiger partial charge in [-0.3, -0.25) is 9.89 Å². The van der Waals surface area contributed by atoms with Gasteiger partial charge in [0.05, 0.1) is 11.3 Å². The molecule has 0 spiro atoms. The van der Waals surface area contributed by atoms with Crippen molar-refractivity contribution in [2.24, 2.45) is 7.05 Å². The Morgan fingerprint density at radius 2 is 2.04 bits per heavy atom. The highest BCUT2D eigenvalue weighted by atomic mass is 19.4. The lowest BCUT2D eigenvalue weighted by Crippen LogP contribution is -2.26. The van der Waals surface area contributed by atoms with E-state index in [1.165, 1.54) is 6.07 Å². The van der Waals surface area contributed by atoms with Gasteiger partial charge in [-0.25, -0.2) is 0 Å². The van der Waals surface area contributed by atoms with Gasteiger partial charge in [0.1, 0.15) is 11.4 Å². The summed E-state index contributed by atoms with van der Waals surface area (Å²) in [5.74, 6) is -0.357. The molecule has 0 aliphatic rings. The van der Waals surface area contributed by atoms with Gasteiger partial charge in [0.25, 0.3) is 5.91 Å². The molecule has 0 saturated heterocycles. The molecule has 1 aromatic carbocycles. The molecule has 8 heteroatoms. The van der Waals surface area contributed by atoms with Crippen molar-refractivity contribution >= 4 is 5.91 Å². The first kappa shape index (κ1) is 17.8. The van der Waals surface area contributed by atoms with Crippen molar-refractivity contribution in [1.29, 1.82) is 0 Å². The van der Waals surface area contributed by atoms with Crippen molar-refractivity contribution in [1.82, 2.24) is 20.1 Å². The molecule has 0 atom stereocenters. The monoisotopic (exact) mass is 362 g/mol. The highest BCUT2D eigenvalue weighted by molar-refractivity contribution is 5.93. The fourth-order valence-electron chi connectivity index (χ4n) is 2.62. The van der Waals surface area contributed by atoms with Crippen LogP contribution >= 0.6 is 0 Å². The Kier molecular flexibility index (Phi) is 4.83. The van der Waals surface area contributed by atoms with Crippen molar-refractivity contribution in [3.05, 3.63) is 65.5 Å². The molecule has 0 radical (unpaired) electrons. The number of nitrogens with zero attached hydrogens (tertiary/aromatic N) is 2. The van der Waals surface area contributed by atoms with E-state index in [4.69, 9.17) is 0 Å². The highest BCUT2D eigenvalue weighted by Gasteiger charge is 2.30. The topological polar surface area (TPSA) is 62.7 Å². The van der Waals surface area contributed by atoms with Crippen LogP contribution in [-0.2, 0) is 19.6 Å². The number of aryl methyl sites for hydroxylation is 1. The van der Waals surface area contributed by atoms with Gasteiger partial charge < -0.3 is 9.88 Å². The quantitative estimate of drug-likeness (QED) is 0.731. The Balaban J connectivity index is 1.58. The van der Waals surface area contributed by atoms with Crippen LogP contribution in [0.1, 0.15) is 21.6 Å². The van der Waals surface area contributed by atoms with Crippen LogP contribution < -0.4 is 5.32 Å². The first-order valence-corrected chi connectivity index (χ1v) is 7.96. The average Bonchev–Trinajstić information content (AvgIpc) is 3.23. The van der Waals surface area contributed by atoms with Crippen LogP contribution in [0.5, 0.6) is 0 Å². The third-order valence-electron chi connectivity index (χ3n) is 3.98. The lowest BCUT2D eigenvalue weighted by molar-refractivity contribution is -0.137. The summed E-state index contributed by atoms with van der Waals surface area (Å²) in [6, 6.07) is 10.5. The van der Waals surface area contributed by atoms with Crippen LogP contribution in [0.4, 0.5) is 13.2 Å². The molecule has 2 N–H and O–H groups in total. The van der Waals surface area contributed by atoms with E-state index in [1.54, 1.807) is 12.1 Å². The fourth-order valence-corrected chi connectivity index (χ4v) is 2.62. The van der Waals surface area contributed by atoms with Crippen molar-refractivity contribution < 1.29 is 18.0 Å². The number of amides is 1. The van der Waals surface area contributed by atoms with Gasteiger partial charge in [0.2, 0.25) is 0 Å².